The lowest BCUT2D eigenvalue weighted by Gasteiger charge is -2.31. The van der Waals surface area contributed by atoms with Crippen LogP contribution < -0.4 is 65.1 Å². The van der Waals surface area contributed by atoms with Crippen LogP contribution in [0.1, 0.15) is 114 Å². The van der Waals surface area contributed by atoms with Gasteiger partial charge in [-0.2, -0.15) is 0 Å². The summed E-state index contributed by atoms with van der Waals surface area (Å²) in [6, 6.07) is 1.21. The molecule has 4 heterocycles. The fourth-order valence-corrected chi connectivity index (χ4v) is 11.8. The normalized spacial score (nSPS) is 18.0. The van der Waals surface area contributed by atoms with Crippen LogP contribution >= 0.6 is 0 Å². The topological polar surface area (TPSA) is 475 Å². The van der Waals surface area contributed by atoms with Gasteiger partial charge >= 0.3 is 0 Å². The smallest absolute Gasteiger partial charge is 0.245 e. The number of nitrogens with two attached hydrogens (primary N) is 3. The van der Waals surface area contributed by atoms with Crippen molar-refractivity contribution < 1.29 is 63.0 Å². The predicted molar refractivity (Wildman–Crippen MR) is 335 cm³/mol. The second-order valence-electron chi connectivity index (χ2n) is 24.2. The number of nitrogens with zero attached hydrogens (tertiary/aromatic N) is 3. The van der Waals surface area contributed by atoms with E-state index >= 15 is 0 Å². The highest BCUT2D eigenvalue weighted by atomic mass is 16.3. The van der Waals surface area contributed by atoms with E-state index in [-0.39, 0.29) is 107 Å². The Morgan fingerprint density at radius 1 is 0.685 bits per heavy atom. The highest BCUT2D eigenvalue weighted by Gasteiger charge is 2.40. The van der Waals surface area contributed by atoms with Crippen LogP contribution in [0.2, 0.25) is 0 Å². The van der Waals surface area contributed by atoms with Crippen molar-refractivity contribution >= 4 is 81.8 Å². The molecule has 3 aliphatic rings. The zero-order chi connectivity index (χ0) is 66.4. The van der Waals surface area contributed by atoms with E-state index in [2.05, 4.69) is 67.8 Å². The van der Waals surface area contributed by atoms with Gasteiger partial charge in [-0.3, -0.25) is 57.7 Å². The minimum atomic E-state index is -1.76. The number of primary amides is 1. The zero-order valence-corrected chi connectivity index (χ0v) is 51.8. The van der Waals surface area contributed by atoms with Crippen LogP contribution in [0.5, 0.6) is 5.75 Å². The number of phenolic OH excluding ortho intramolecular Hbond substituents is 1. The fraction of sp³-hybridized carbons (Fsp3) is 0.532. The third-order valence-electron chi connectivity index (χ3n) is 16.6. The number of carbonyl (C=O) groups is 11. The molecular formula is C62H87N17O13. The van der Waals surface area contributed by atoms with Gasteiger partial charge in [0.1, 0.15) is 60.1 Å². The van der Waals surface area contributed by atoms with Crippen LogP contribution in [0.3, 0.4) is 0 Å². The number of amides is 11. The summed E-state index contributed by atoms with van der Waals surface area (Å²) < 4.78 is 0. The molecule has 7 rings (SSSR count). The highest BCUT2D eigenvalue weighted by Crippen LogP contribution is 2.28. The molecule has 498 valence electrons. The lowest BCUT2D eigenvalue weighted by Crippen LogP contribution is -2.61. The van der Waals surface area contributed by atoms with Gasteiger partial charge in [-0.05, 0) is 86.1 Å². The number of aromatic hydroxyl groups is 1. The number of para-hydroxylation sites is 1. The summed E-state index contributed by atoms with van der Waals surface area (Å²) in [5.74, 6) is -8.63. The van der Waals surface area contributed by atoms with Gasteiger partial charge in [0, 0.05) is 67.8 Å². The molecule has 1 aliphatic carbocycles. The highest BCUT2D eigenvalue weighted by molar-refractivity contribution is 6.00. The van der Waals surface area contributed by atoms with Crippen LogP contribution in [0.25, 0.3) is 10.9 Å². The Hall–Kier alpha value is -9.61. The average Bonchev–Trinajstić information content (AvgIpc) is 1.66. The Morgan fingerprint density at radius 3 is 1.95 bits per heavy atom. The Kier molecular flexibility index (Phi) is 25.8. The van der Waals surface area contributed by atoms with E-state index < -0.39 is 127 Å². The number of fused-ring (bicyclic) bond motifs is 1. The lowest BCUT2D eigenvalue weighted by atomic mass is 9.84. The molecule has 2 saturated heterocycles. The molecule has 30 nitrogen and oxygen atoms in total. The first-order valence-electron chi connectivity index (χ1n) is 31.3. The number of aromatic amines is 2. The number of imidazole rings is 1. The molecule has 2 aliphatic heterocycles. The van der Waals surface area contributed by atoms with Gasteiger partial charge in [0.2, 0.25) is 65.0 Å². The maximum Gasteiger partial charge on any atom is 0.245 e. The SMILES string of the molecule is CC(C)C[C@H](NC(=O)[C@@H](CC1CCCCC1)NC(=O)[C@H](Cc1ccc(O)cc1)NC(=O)[C@H](CO)NC(=O)[C@H](Cc1c[nH]c2ccccc12)NC(=O)[C@H](Cc1cnc[nH]1)NC(=O)[C@@H]1CCC(=O)N1)C(=O)N[C@@H](CCCN=C(N)N)C(=O)N1CCC[C@H]1C(=O)NCC(N)=O. The van der Waals surface area contributed by atoms with Gasteiger partial charge in [0.15, 0.2) is 5.96 Å². The van der Waals surface area contributed by atoms with Crippen molar-refractivity contribution in [2.45, 2.75) is 171 Å². The molecule has 0 unspecified atom stereocenters. The number of hydrogen-bond acceptors (Lipinski definition) is 15. The molecule has 92 heavy (non-hydrogen) atoms. The van der Waals surface area contributed by atoms with Crippen molar-refractivity contribution in [1.82, 2.24) is 67.7 Å². The zero-order valence-electron chi connectivity index (χ0n) is 51.8. The maximum atomic E-state index is 15.0. The van der Waals surface area contributed by atoms with Crippen LogP contribution in [0.15, 0.2) is 72.2 Å². The van der Waals surface area contributed by atoms with Gasteiger partial charge in [-0.15, -0.1) is 0 Å². The molecule has 30 heteroatoms. The molecule has 1 saturated carbocycles. The van der Waals surface area contributed by atoms with Crippen LogP contribution in [-0.4, -0.2) is 182 Å². The van der Waals surface area contributed by atoms with E-state index in [1.54, 1.807) is 24.4 Å². The second-order valence-corrected chi connectivity index (χ2v) is 24.2. The molecule has 11 amide bonds. The summed E-state index contributed by atoms with van der Waals surface area (Å²) in [7, 11) is 0. The number of carbonyl (C=O) groups excluding carboxylic acids is 11. The van der Waals surface area contributed by atoms with Gasteiger partial charge < -0.3 is 90.1 Å². The quantitative estimate of drug-likeness (QED) is 0.0139. The number of aromatic nitrogens is 3. The number of aliphatic hydroxyl groups excluding tert-OH is 1. The number of guanidine groups is 1. The van der Waals surface area contributed by atoms with Crippen molar-refractivity contribution in [3.8, 4) is 5.75 Å². The van der Waals surface area contributed by atoms with E-state index in [9.17, 15) is 63.0 Å². The Bertz CT molecular complexity index is 3250. The summed E-state index contributed by atoms with van der Waals surface area (Å²) >= 11 is 0. The number of benzene rings is 2. The number of nitrogens with one attached hydrogen (secondary N) is 11. The standard InChI is InChI=1S/C62H87N17O13/c1-34(2)24-44(54(85)72-43(14-8-22-67-62(64)65)61(92)79-23-9-15-50(79)60(91)69-31-51(63)82)73-55(86)45(25-35-10-4-3-5-11-35)74-56(87)46(26-36-16-18-39(81)19-17-36)75-59(90)49(32-80)78-57(88)47(27-37-29-68-41-13-7-6-12-40(37)41)76-58(89)48(28-38-30-66-33-70-38)77-53(84)42-20-21-52(83)71-42/h6-7,12-13,16-19,29-30,33-35,42-50,68,80-81H,3-5,8-11,14-15,20-28,31-32H2,1-2H3,(H2,63,82)(H,66,70)(H,69,91)(H,71,83)(H,72,85)(H,73,86)(H,74,87)(H,75,90)(H,76,89)(H,77,84)(H,78,88)(H4,64,65,67)/t42-,43-,44-,45+,46-,47-,48-,49-,50-/m0/s1. The molecule has 9 atom stereocenters. The Balaban J connectivity index is 1.12. The number of phenols is 1. The molecule has 0 spiro atoms. The fourth-order valence-electron chi connectivity index (χ4n) is 11.8. The average molecular weight is 1280 g/mol. The Labute approximate surface area is 531 Å². The number of rotatable bonds is 33. The van der Waals surface area contributed by atoms with E-state index in [0.717, 1.165) is 32.1 Å². The molecule has 3 fully saturated rings. The third kappa shape index (κ3) is 20.7. The number of aliphatic hydroxyl groups is 1. The van der Waals surface area contributed by atoms with E-state index in [1.807, 2.05) is 19.9 Å². The second kappa shape index (κ2) is 34.0. The largest absolute Gasteiger partial charge is 0.508 e. The van der Waals surface area contributed by atoms with E-state index in [0.29, 0.717) is 34.1 Å². The monoisotopic (exact) mass is 1280 g/mol. The first-order valence-corrected chi connectivity index (χ1v) is 31.3. The molecule has 2 aromatic heterocycles. The molecule has 19 N–H and O–H groups in total. The summed E-state index contributed by atoms with van der Waals surface area (Å²) in [5, 5.41) is 45.9. The van der Waals surface area contributed by atoms with Gasteiger partial charge in [0.05, 0.1) is 19.5 Å². The van der Waals surface area contributed by atoms with Crippen molar-refractivity contribution in [3.05, 3.63) is 84.1 Å². The summed E-state index contributed by atoms with van der Waals surface area (Å²) in [5.41, 5.74) is 18.6. The van der Waals surface area contributed by atoms with Crippen molar-refractivity contribution in [1.29, 1.82) is 0 Å². The first-order chi connectivity index (χ1) is 44.0. The van der Waals surface area contributed by atoms with Gasteiger partial charge in [-0.1, -0.05) is 76.3 Å². The minimum absolute atomic E-state index is 0.0198. The predicted octanol–water partition coefficient (Wildman–Crippen LogP) is -2.05. The maximum absolute atomic E-state index is 15.0. The molecule has 0 bridgehead atoms. The lowest BCUT2D eigenvalue weighted by molar-refractivity contribution is -0.142. The number of likely N-dealkylation sites (tertiary alicyclic amines) is 1. The Morgan fingerprint density at radius 2 is 1.30 bits per heavy atom. The van der Waals surface area contributed by atoms with E-state index in [4.69, 9.17) is 17.2 Å². The van der Waals surface area contributed by atoms with Crippen molar-refractivity contribution in [2.75, 3.05) is 26.2 Å². The van der Waals surface area contributed by atoms with Gasteiger partial charge in [0.25, 0.3) is 0 Å². The van der Waals surface area contributed by atoms with Crippen LogP contribution in [0.4, 0.5) is 0 Å². The summed E-state index contributed by atoms with van der Waals surface area (Å²) in [6.45, 7) is 2.46. The van der Waals surface area contributed by atoms with Crippen molar-refractivity contribution in [2.24, 2.45) is 34.0 Å². The first kappa shape index (κ1) is 69.9. The van der Waals surface area contributed by atoms with Gasteiger partial charge in [-0.25, -0.2) is 4.98 Å². The van der Waals surface area contributed by atoms with Crippen molar-refractivity contribution in [3.63, 3.8) is 0 Å². The minimum Gasteiger partial charge on any atom is -0.508 e. The third-order valence-corrected chi connectivity index (χ3v) is 16.6. The molecule has 0 radical (unpaired) electrons. The van der Waals surface area contributed by atoms with Crippen LogP contribution in [-0.2, 0) is 72.0 Å². The van der Waals surface area contributed by atoms with E-state index in [1.165, 1.54) is 41.7 Å². The number of hydrogen-bond donors (Lipinski definition) is 16. The number of H-pyrrole nitrogens is 2. The van der Waals surface area contributed by atoms with Crippen LogP contribution in [0, 0.1) is 11.8 Å². The molecule has 2 aromatic carbocycles. The summed E-state index contributed by atoms with van der Waals surface area (Å²) in [4.78, 5) is 168. The molecule has 4 aromatic rings. The number of aliphatic imine (C=N–C) groups is 1. The molecular weight excluding hydrogens is 1190 g/mol. The summed E-state index contributed by atoms with van der Waals surface area (Å²) in [6.07, 6.45) is 9.57.